The maximum absolute atomic E-state index is 6.64. The minimum absolute atomic E-state index is 0.302. The zero-order chi connectivity index (χ0) is 22.6. The number of anilines is 1. The first-order chi connectivity index (χ1) is 16.0. The average molecular weight is 469 g/mol. The molecule has 3 aliphatic carbocycles. The van der Waals surface area contributed by atoms with Crippen molar-refractivity contribution in [2.75, 3.05) is 37.7 Å². The second-order valence-corrected chi connectivity index (χ2v) is 10.9. The van der Waals surface area contributed by atoms with Gasteiger partial charge < -0.3 is 15.0 Å². The smallest absolute Gasteiger partial charge is 0.103 e. The Morgan fingerprint density at radius 2 is 2.00 bits per heavy atom. The predicted molar refractivity (Wildman–Crippen MR) is 131 cm³/mol. The summed E-state index contributed by atoms with van der Waals surface area (Å²) in [5.41, 5.74) is 3.50. The van der Waals surface area contributed by atoms with Gasteiger partial charge >= 0.3 is 0 Å². The molecule has 2 saturated heterocycles. The third-order valence-electron chi connectivity index (χ3n) is 7.91. The molecule has 3 saturated carbocycles. The topological polar surface area (TPSA) is 60.1 Å². The van der Waals surface area contributed by atoms with Gasteiger partial charge in [0.05, 0.1) is 40.4 Å². The molecule has 5 fully saturated rings. The Kier molecular flexibility index (Phi) is 5.39. The number of nitrogens with one attached hydrogen (secondary N) is 1. The summed E-state index contributed by atoms with van der Waals surface area (Å²) in [6, 6.07) is 4.64. The molecular formula is C25H33ClN6O. The van der Waals surface area contributed by atoms with Crippen molar-refractivity contribution in [2.24, 2.45) is 11.8 Å². The van der Waals surface area contributed by atoms with Crippen LogP contribution in [0.1, 0.15) is 39.5 Å². The lowest BCUT2D eigenvalue weighted by atomic mass is 9.50. The third kappa shape index (κ3) is 3.74. The monoisotopic (exact) mass is 468 g/mol. The molecule has 3 aromatic rings. The standard InChI is InChI=1S/C20H23ClN6.C5H10O/c1-13-9-22-2-3-25(13)19-5-18-15(4-17(19)21)10-24-27(18)16-11-23-26(12-16)20-6-14(7-20)8-20;1-5-2-3-6-4-5/h4-5,10-14,22H,2-3,6-9H2,1H3;5H,2-4H2,1H3. The van der Waals surface area contributed by atoms with Crippen LogP contribution in [0.25, 0.3) is 16.6 Å². The van der Waals surface area contributed by atoms with E-state index in [0.717, 1.165) is 72.0 Å². The molecule has 1 aromatic carbocycles. The minimum Gasteiger partial charge on any atom is -0.381 e. The first-order valence-electron chi connectivity index (χ1n) is 12.3. The summed E-state index contributed by atoms with van der Waals surface area (Å²) in [5.74, 6) is 1.76. The van der Waals surface area contributed by atoms with E-state index in [-0.39, 0.29) is 0 Å². The van der Waals surface area contributed by atoms with Crippen LogP contribution >= 0.6 is 11.6 Å². The lowest BCUT2D eigenvalue weighted by Crippen LogP contribution is -2.59. The van der Waals surface area contributed by atoms with Crippen LogP contribution in [0.2, 0.25) is 5.02 Å². The number of rotatable bonds is 3. The van der Waals surface area contributed by atoms with E-state index in [1.54, 1.807) is 0 Å². The summed E-state index contributed by atoms with van der Waals surface area (Å²) in [6.07, 6.45) is 11.1. The molecule has 7 nitrogen and oxygen atoms in total. The average Bonchev–Trinajstić information content (AvgIpc) is 3.47. The lowest BCUT2D eigenvalue weighted by Gasteiger charge is -2.61. The van der Waals surface area contributed by atoms with Crippen LogP contribution in [0.3, 0.4) is 0 Å². The number of ether oxygens (including phenoxy) is 1. The van der Waals surface area contributed by atoms with Crippen molar-refractivity contribution in [3.63, 3.8) is 0 Å². The van der Waals surface area contributed by atoms with Gasteiger partial charge in [0, 0.05) is 44.3 Å². The van der Waals surface area contributed by atoms with Crippen molar-refractivity contribution in [3.05, 3.63) is 35.7 Å². The van der Waals surface area contributed by atoms with Crippen molar-refractivity contribution in [1.82, 2.24) is 24.9 Å². The Bertz CT molecular complexity index is 1130. The summed E-state index contributed by atoms with van der Waals surface area (Å²) in [7, 11) is 0. The Morgan fingerprint density at radius 1 is 1.15 bits per heavy atom. The van der Waals surface area contributed by atoms with E-state index >= 15 is 0 Å². The number of hydrogen-bond acceptors (Lipinski definition) is 5. The number of aromatic nitrogens is 4. The lowest BCUT2D eigenvalue weighted by molar-refractivity contribution is -0.0977. The SMILES string of the molecule is CC1CCOC1.CC1CNCCN1c1cc2c(cnn2-c2cnn(C34CC(C3)C4)c2)cc1Cl. The molecule has 2 aliphatic heterocycles. The van der Waals surface area contributed by atoms with Crippen LogP contribution in [0.5, 0.6) is 0 Å². The molecule has 5 aliphatic rings. The van der Waals surface area contributed by atoms with Crippen molar-refractivity contribution < 1.29 is 4.74 Å². The van der Waals surface area contributed by atoms with E-state index in [0.29, 0.717) is 11.6 Å². The van der Waals surface area contributed by atoms with Gasteiger partial charge in [0.1, 0.15) is 5.69 Å². The van der Waals surface area contributed by atoms with Gasteiger partial charge in [-0.25, -0.2) is 4.68 Å². The number of benzene rings is 1. The highest BCUT2D eigenvalue weighted by Gasteiger charge is 2.58. The Balaban J connectivity index is 0.000000302. The van der Waals surface area contributed by atoms with Crippen molar-refractivity contribution in [2.45, 2.75) is 51.1 Å². The van der Waals surface area contributed by atoms with E-state index in [4.69, 9.17) is 16.3 Å². The van der Waals surface area contributed by atoms with Crippen LogP contribution < -0.4 is 10.2 Å². The second kappa shape index (κ2) is 8.29. The number of hydrogen-bond donors (Lipinski definition) is 1. The quantitative estimate of drug-likeness (QED) is 0.623. The number of nitrogens with zero attached hydrogens (tertiary/aromatic N) is 5. The molecule has 8 heteroatoms. The van der Waals surface area contributed by atoms with Crippen molar-refractivity contribution in [1.29, 1.82) is 0 Å². The van der Waals surface area contributed by atoms with E-state index in [1.165, 1.54) is 25.7 Å². The fraction of sp³-hybridized carbons (Fsp3) is 0.600. The fourth-order valence-electron chi connectivity index (χ4n) is 5.71. The maximum atomic E-state index is 6.64. The normalized spacial score (nSPS) is 30.5. The summed E-state index contributed by atoms with van der Waals surface area (Å²) < 4.78 is 9.23. The predicted octanol–water partition coefficient (Wildman–Crippen LogP) is 4.23. The molecular weight excluding hydrogens is 436 g/mol. The third-order valence-corrected chi connectivity index (χ3v) is 8.21. The second-order valence-electron chi connectivity index (χ2n) is 10.5. The van der Waals surface area contributed by atoms with Gasteiger partial charge in [0.2, 0.25) is 0 Å². The first-order valence-corrected chi connectivity index (χ1v) is 12.7. The maximum Gasteiger partial charge on any atom is 0.103 e. The molecule has 176 valence electrons. The van der Waals surface area contributed by atoms with Gasteiger partial charge in [0.15, 0.2) is 0 Å². The molecule has 0 radical (unpaired) electrons. The summed E-state index contributed by atoms with van der Waals surface area (Å²) in [6.45, 7) is 9.34. The molecule has 2 atom stereocenters. The number of fused-ring (bicyclic) bond motifs is 1. The molecule has 1 N–H and O–H groups in total. The van der Waals surface area contributed by atoms with Crippen molar-refractivity contribution in [3.8, 4) is 5.69 Å². The molecule has 0 amide bonds. The largest absolute Gasteiger partial charge is 0.381 e. The van der Waals surface area contributed by atoms with E-state index in [9.17, 15) is 0 Å². The molecule has 33 heavy (non-hydrogen) atoms. The fourth-order valence-corrected chi connectivity index (χ4v) is 5.99. The molecule has 2 unspecified atom stereocenters. The number of halogens is 1. The zero-order valence-electron chi connectivity index (χ0n) is 19.5. The summed E-state index contributed by atoms with van der Waals surface area (Å²) in [4.78, 5) is 2.39. The highest BCUT2D eigenvalue weighted by molar-refractivity contribution is 6.34. The van der Waals surface area contributed by atoms with Gasteiger partial charge in [-0.2, -0.15) is 10.2 Å². The first kappa shape index (κ1) is 21.4. The molecule has 2 aromatic heterocycles. The van der Waals surface area contributed by atoms with Crippen LogP contribution in [0.15, 0.2) is 30.7 Å². The van der Waals surface area contributed by atoms with Gasteiger partial charge in [-0.15, -0.1) is 0 Å². The van der Waals surface area contributed by atoms with E-state index < -0.39 is 0 Å². The summed E-state index contributed by atoms with van der Waals surface area (Å²) >= 11 is 6.64. The molecule has 0 spiro atoms. The van der Waals surface area contributed by atoms with E-state index in [2.05, 4.69) is 51.2 Å². The van der Waals surface area contributed by atoms with Crippen LogP contribution in [0.4, 0.5) is 5.69 Å². The zero-order valence-corrected chi connectivity index (χ0v) is 20.3. The van der Waals surface area contributed by atoms with Crippen molar-refractivity contribution >= 4 is 28.2 Å². The minimum atomic E-state index is 0.302. The Morgan fingerprint density at radius 3 is 2.64 bits per heavy atom. The summed E-state index contributed by atoms with van der Waals surface area (Å²) in [5, 5.41) is 14.6. The van der Waals surface area contributed by atoms with Crippen LogP contribution in [-0.2, 0) is 10.3 Å². The molecule has 8 rings (SSSR count). The Hall–Kier alpha value is -2.09. The van der Waals surface area contributed by atoms with E-state index in [1.807, 2.05) is 23.1 Å². The number of piperazine rings is 1. The highest BCUT2D eigenvalue weighted by atomic mass is 35.5. The van der Waals surface area contributed by atoms with Gasteiger partial charge in [-0.05, 0) is 56.6 Å². The Labute approximate surface area is 200 Å². The van der Waals surface area contributed by atoms with Gasteiger partial charge in [-0.3, -0.25) is 4.68 Å². The van der Waals surface area contributed by atoms with Crippen LogP contribution in [0, 0.1) is 11.8 Å². The van der Waals surface area contributed by atoms with Crippen LogP contribution in [-0.4, -0.2) is 58.5 Å². The highest BCUT2D eigenvalue weighted by Crippen LogP contribution is 2.62. The molecule has 2 bridgehead atoms. The van der Waals surface area contributed by atoms with Gasteiger partial charge in [-0.1, -0.05) is 18.5 Å². The van der Waals surface area contributed by atoms with Gasteiger partial charge in [0.25, 0.3) is 0 Å². The molecule has 4 heterocycles.